The Balaban J connectivity index is 1.54. The van der Waals surface area contributed by atoms with Crippen molar-refractivity contribution >= 4 is 0 Å². The van der Waals surface area contributed by atoms with E-state index in [1.807, 2.05) is 0 Å². The van der Waals surface area contributed by atoms with Gasteiger partial charge in [-0.25, -0.2) is 4.98 Å². The Labute approximate surface area is 117 Å². The molecule has 0 radical (unpaired) electrons. The Morgan fingerprint density at radius 2 is 2.15 bits per heavy atom. The van der Waals surface area contributed by atoms with E-state index in [2.05, 4.69) is 25.4 Å². The SMILES string of the molecule is c1cnc(-c2noc(C3CC4CCCCC4N3)n2)cn1. The van der Waals surface area contributed by atoms with E-state index in [9.17, 15) is 0 Å². The molecule has 3 atom stereocenters. The fourth-order valence-corrected chi connectivity index (χ4v) is 3.41. The van der Waals surface area contributed by atoms with Crippen LogP contribution in [0.5, 0.6) is 0 Å². The summed E-state index contributed by atoms with van der Waals surface area (Å²) in [6.07, 6.45) is 11.3. The summed E-state index contributed by atoms with van der Waals surface area (Å²) >= 11 is 0. The number of hydrogen-bond acceptors (Lipinski definition) is 6. The van der Waals surface area contributed by atoms with Crippen LogP contribution in [-0.4, -0.2) is 26.2 Å². The first-order valence-electron chi connectivity index (χ1n) is 7.26. The Kier molecular flexibility index (Phi) is 2.95. The Hall–Kier alpha value is -1.82. The Morgan fingerprint density at radius 1 is 1.20 bits per heavy atom. The van der Waals surface area contributed by atoms with Crippen molar-refractivity contribution in [3.8, 4) is 11.5 Å². The minimum absolute atomic E-state index is 0.195. The van der Waals surface area contributed by atoms with E-state index >= 15 is 0 Å². The first-order chi connectivity index (χ1) is 9.90. The molecular formula is C14H17N5O. The molecule has 104 valence electrons. The maximum absolute atomic E-state index is 5.42. The van der Waals surface area contributed by atoms with E-state index in [-0.39, 0.29) is 6.04 Å². The standard InChI is InChI=1S/C14H17N5O/c1-2-4-10-9(3-1)7-11(17-10)14-18-13(19-20-14)12-8-15-5-6-16-12/h5-6,8-11,17H,1-4,7H2. The molecule has 1 saturated carbocycles. The smallest absolute Gasteiger partial charge is 0.244 e. The third-order valence-corrected chi connectivity index (χ3v) is 4.39. The lowest BCUT2D eigenvalue weighted by molar-refractivity contribution is 0.324. The van der Waals surface area contributed by atoms with Gasteiger partial charge in [-0.1, -0.05) is 18.0 Å². The van der Waals surface area contributed by atoms with Crippen LogP contribution in [0, 0.1) is 5.92 Å². The molecule has 2 aliphatic rings. The molecule has 0 amide bonds. The molecule has 2 fully saturated rings. The van der Waals surface area contributed by atoms with E-state index in [4.69, 9.17) is 4.52 Å². The van der Waals surface area contributed by atoms with Gasteiger partial charge in [0, 0.05) is 18.4 Å². The molecule has 1 aliphatic carbocycles. The first kappa shape index (κ1) is 12.0. The summed E-state index contributed by atoms with van der Waals surface area (Å²) in [4.78, 5) is 12.7. The number of rotatable bonds is 2. The normalized spacial score (nSPS) is 29.3. The van der Waals surface area contributed by atoms with Gasteiger partial charge in [0.05, 0.1) is 12.2 Å². The second-order valence-electron chi connectivity index (χ2n) is 5.65. The van der Waals surface area contributed by atoms with Gasteiger partial charge >= 0.3 is 0 Å². The van der Waals surface area contributed by atoms with Gasteiger partial charge in [0.25, 0.3) is 0 Å². The average Bonchev–Trinajstić information content (AvgIpc) is 3.14. The van der Waals surface area contributed by atoms with Crippen LogP contribution in [0.15, 0.2) is 23.1 Å². The lowest BCUT2D eigenvalue weighted by atomic mass is 9.85. The van der Waals surface area contributed by atoms with Crippen molar-refractivity contribution in [1.82, 2.24) is 25.4 Å². The highest BCUT2D eigenvalue weighted by atomic mass is 16.5. The van der Waals surface area contributed by atoms with E-state index in [1.165, 1.54) is 25.7 Å². The Morgan fingerprint density at radius 3 is 3.00 bits per heavy atom. The molecule has 0 aromatic carbocycles. The maximum atomic E-state index is 5.42. The number of hydrogen-bond donors (Lipinski definition) is 1. The van der Waals surface area contributed by atoms with Crippen molar-refractivity contribution < 1.29 is 4.52 Å². The van der Waals surface area contributed by atoms with E-state index in [1.54, 1.807) is 18.6 Å². The van der Waals surface area contributed by atoms with Crippen LogP contribution < -0.4 is 5.32 Å². The fourth-order valence-electron chi connectivity index (χ4n) is 3.41. The van der Waals surface area contributed by atoms with Crippen LogP contribution in [0.2, 0.25) is 0 Å². The van der Waals surface area contributed by atoms with Gasteiger partial charge in [-0.2, -0.15) is 4.98 Å². The molecule has 0 bridgehead atoms. The van der Waals surface area contributed by atoms with Crippen molar-refractivity contribution in [3.05, 3.63) is 24.5 Å². The predicted octanol–water partition coefficient (Wildman–Crippen LogP) is 2.12. The van der Waals surface area contributed by atoms with Crippen molar-refractivity contribution in [2.75, 3.05) is 0 Å². The van der Waals surface area contributed by atoms with Gasteiger partial charge in [-0.05, 0) is 25.2 Å². The van der Waals surface area contributed by atoms with Crippen molar-refractivity contribution in [1.29, 1.82) is 0 Å². The van der Waals surface area contributed by atoms with Gasteiger partial charge < -0.3 is 9.84 Å². The minimum atomic E-state index is 0.195. The molecule has 3 heterocycles. The topological polar surface area (TPSA) is 76.7 Å². The molecule has 4 rings (SSSR count). The number of fused-ring (bicyclic) bond motifs is 1. The third-order valence-electron chi connectivity index (χ3n) is 4.39. The second-order valence-corrected chi connectivity index (χ2v) is 5.65. The largest absolute Gasteiger partial charge is 0.337 e. The lowest BCUT2D eigenvalue weighted by Crippen LogP contribution is -2.30. The van der Waals surface area contributed by atoms with Crippen LogP contribution in [0.3, 0.4) is 0 Å². The van der Waals surface area contributed by atoms with E-state index in [0.717, 1.165) is 12.3 Å². The molecule has 2 aromatic heterocycles. The molecule has 2 aromatic rings. The minimum Gasteiger partial charge on any atom is -0.337 e. The molecule has 3 unspecified atom stereocenters. The van der Waals surface area contributed by atoms with E-state index < -0.39 is 0 Å². The summed E-state index contributed by atoms with van der Waals surface area (Å²) in [5, 5.41) is 7.66. The molecule has 1 N–H and O–H groups in total. The van der Waals surface area contributed by atoms with Crippen molar-refractivity contribution in [2.24, 2.45) is 5.92 Å². The van der Waals surface area contributed by atoms with Crippen LogP contribution in [0.25, 0.3) is 11.5 Å². The van der Waals surface area contributed by atoms with Crippen LogP contribution in [0.4, 0.5) is 0 Å². The summed E-state index contributed by atoms with van der Waals surface area (Å²) in [5.74, 6) is 1.96. The van der Waals surface area contributed by atoms with Gasteiger partial charge in [-0.15, -0.1) is 0 Å². The predicted molar refractivity (Wildman–Crippen MR) is 71.6 cm³/mol. The van der Waals surface area contributed by atoms with Gasteiger partial charge in [0.2, 0.25) is 11.7 Å². The number of nitrogens with zero attached hydrogens (tertiary/aromatic N) is 4. The highest BCUT2D eigenvalue weighted by molar-refractivity contribution is 5.45. The lowest BCUT2D eigenvalue weighted by Gasteiger charge is -2.24. The third kappa shape index (κ3) is 2.10. The zero-order valence-corrected chi connectivity index (χ0v) is 11.2. The average molecular weight is 271 g/mol. The highest BCUT2D eigenvalue weighted by Crippen LogP contribution is 2.38. The monoisotopic (exact) mass is 271 g/mol. The molecule has 20 heavy (non-hydrogen) atoms. The molecular weight excluding hydrogens is 254 g/mol. The zero-order valence-electron chi connectivity index (χ0n) is 11.2. The molecule has 6 nitrogen and oxygen atoms in total. The van der Waals surface area contributed by atoms with Crippen molar-refractivity contribution in [3.63, 3.8) is 0 Å². The summed E-state index contributed by atoms with van der Waals surface area (Å²) in [6, 6.07) is 0.821. The van der Waals surface area contributed by atoms with Crippen LogP contribution >= 0.6 is 0 Å². The summed E-state index contributed by atoms with van der Waals surface area (Å²) in [6.45, 7) is 0. The summed E-state index contributed by atoms with van der Waals surface area (Å²) in [7, 11) is 0. The number of aromatic nitrogens is 4. The second kappa shape index (κ2) is 4.94. The van der Waals surface area contributed by atoms with Crippen LogP contribution in [-0.2, 0) is 0 Å². The van der Waals surface area contributed by atoms with Crippen molar-refractivity contribution in [2.45, 2.75) is 44.2 Å². The molecule has 1 saturated heterocycles. The van der Waals surface area contributed by atoms with Gasteiger partial charge in [0.1, 0.15) is 5.69 Å². The molecule has 6 heteroatoms. The molecule has 0 spiro atoms. The van der Waals surface area contributed by atoms with E-state index in [0.29, 0.717) is 23.5 Å². The zero-order chi connectivity index (χ0) is 13.4. The van der Waals surface area contributed by atoms with Gasteiger partial charge in [0.15, 0.2) is 0 Å². The summed E-state index contributed by atoms with van der Waals surface area (Å²) in [5.41, 5.74) is 0.651. The first-order valence-corrected chi connectivity index (χ1v) is 7.26. The molecule has 1 aliphatic heterocycles. The highest BCUT2D eigenvalue weighted by Gasteiger charge is 2.38. The Bertz CT molecular complexity index is 570. The summed E-state index contributed by atoms with van der Waals surface area (Å²) < 4.78 is 5.42. The maximum Gasteiger partial charge on any atom is 0.244 e. The fraction of sp³-hybridized carbons (Fsp3) is 0.571. The quantitative estimate of drug-likeness (QED) is 0.901. The van der Waals surface area contributed by atoms with Crippen LogP contribution in [0.1, 0.15) is 44.0 Å². The van der Waals surface area contributed by atoms with Gasteiger partial charge in [-0.3, -0.25) is 4.98 Å². The number of nitrogens with one attached hydrogen (secondary N) is 1.